The fourth-order valence-electron chi connectivity index (χ4n) is 6.39. The van der Waals surface area contributed by atoms with Crippen LogP contribution in [0.3, 0.4) is 0 Å². The van der Waals surface area contributed by atoms with Crippen molar-refractivity contribution < 1.29 is 14.3 Å². The summed E-state index contributed by atoms with van der Waals surface area (Å²) in [6.45, 7) is 10.1. The number of morpholine rings is 1. The first-order chi connectivity index (χ1) is 17.0. The number of aromatic nitrogens is 1. The Morgan fingerprint density at radius 2 is 1.86 bits per heavy atom. The number of hydrogen-bond acceptors (Lipinski definition) is 6. The van der Waals surface area contributed by atoms with Crippen molar-refractivity contribution in [3.05, 3.63) is 58.3 Å². The van der Waals surface area contributed by atoms with Crippen LogP contribution in [-0.2, 0) is 21.4 Å². The van der Waals surface area contributed by atoms with Crippen molar-refractivity contribution in [2.75, 3.05) is 49.6 Å². The highest BCUT2D eigenvalue weighted by molar-refractivity contribution is 6.33. The number of amides is 1. The Morgan fingerprint density at radius 3 is 2.60 bits per heavy atom. The van der Waals surface area contributed by atoms with E-state index in [1.807, 2.05) is 18.2 Å². The Balaban J connectivity index is 1.26. The molecule has 1 aromatic heterocycles. The molecule has 0 spiro atoms. The minimum Gasteiger partial charge on any atom is -0.379 e. The number of nitrogens with one attached hydrogen (secondary N) is 1. The van der Waals surface area contributed by atoms with Gasteiger partial charge in [0.15, 0.2) is 5.78 Å². The Hall–Kier alpha value is -3.03. The Kier molecular flexibility index (Phi) is 5.49. The third-order valence-corrected chi connectivity index (χ3v) is 8.41. The van der Waals surface area contributed by atoms with Gasteiger partial charge in [-0.3, -0.25) is 14.5 Å². The van der Waals surface area contributed by atoms with Gasteiger partial charge in [0, 0.05) is 60.7 Å². The quantitative estimate of drug-likeness (QED) is 0.688. The number of anilines is 2. The van der Waals surface area contributed by atoms with Crippen LogP contribution < -0.4 is 10.2 Å². The monoisotopic (exact) mass is 472 g/mol. The fourth-order valence-corrected chi connectivity index (χ4v) is 6.39. The molecule has 3 heterocycles. The van der Waals surface area contributed by atoms with Crippen LogP contribution >= 0.6 is 0 Å². The molecule has 182 valence electrons. The standard InChI is InChI=1S/C28H32N4O3/c1-28(2)23-15-25(32-7-5-20(6-8-32)31-9-11-35-12-10-31)29-16-22(23)27(34)26-21-4-3-19(30-17-33)13-18(21)14-24(26)28/h3-4,13,15-17,20H,5-12,14H2,1-2H3,(H,30,33). The number of Topliss-reactive ketones (excluding diaryl/α,β-unsaturated/α-hetero) is 1. The molecular weight excluding hydrogens is 440 g/mol. The van der Waals surface area contributed by atoms with Crippen LogP contribution in [0.5, 0.6) is 0 Å². The molecular formula is C28H32N4O3. The van der Waals surface area contributed by atoms with Crippen molar-refractivity contribution in [3.63, 3.8) is 0 Å². The van der Waals surface area contributed by atoms with E-state index in [-0.39, 0.29) is 11.2 Å². The molecule has 1 N–H and O–H groups in total. The van der Waals surface area contributed by atoms with Gasteiger partial charge in [-0.1, -0.05) is 19.9 Å². The number of hydrogen-bond donors (Lipinski definition) is 1. The number of ketones is 1. The van der Waals surface area contributed by atoms with Crippen LogP contribution in [0.1, 0.15) is 53.7 Å². The van der Waals surface area contributed by atoms with Gasteiger partial charge in [0.05, 0.1) is 13.2 Å². The van der Waals surface area contributed by atoms with Crippen LogP contribution in [0.2, 0.25) is 0 Å². The average Bonchev–Trinajstić information content (AvgIpc) is 3.28. The fraction of sp³-hybridized carbons (Fsp3) is 0.464. The number of carbonyl (C=O) groups excluding carboxylic acids is 2. The molecule has 7 heteroatoms. The molecule has 6 rings (SSSR count). The van der Waals surface area contributed by atoms with Crippen molar-refractivity contribution in [2.24, 2.45) is 0 Å². The smallest absolute Gasteiger partial charge is 0.211 e. The number of fused-ring (bicyclic) bond motifs is 3. The van der Waals surface area contributed by atoms with Crippen molar-refractivity contribution in [3.8, 4) is 0 Å². The molecule has 0 bridgehead atoms. The zero-order valence-electron chi connectivity index (χ0n) is 20.5. The Labute approximate surface area is 206 Å². The van der Waals surface area contributed by atoms with Gasteiger partial charge in [0.25, 0.3) is 0 Å². The molecule has 2 aromatic rings. The number of allylic oxidation sites excluding steroid dienone is 2. The number of nitrogens with zero attached hydrogens (tertiary/aromatic N) is 3. The molecule has 1 amide bonds. The summed E-state index contributed by atoms with van der Waals surface area (Å²) in [4.78, 5) is 34.3. The molecule has 2 aliphatic heterocycles. The van der Waals surface area contributed by atoms with E-state index in [2.05, 4.69) is 35.0 Å². The third kappa shape index (κ3) is 3.69. The zero-order valence-corrected chi connectivity index (χ0v) is 20.5. The number of pyridine rings is 1. The molecule has 1 aromatic carbocycles. The number of rotatable bonds is 4. The summed E-state index contributed by atoms with van der Waals surface area (Å²) in [6.07, 6.45) is 5.46. The maximum Gasteiger partial charge on any atom is 0.211 e. The summed E-state index contributed by atoms with van der Waals surface area (Å²) in [5, 5.41) is 2.73. The van der Waals surface area contributed by atoms with Gasteiger partial charge in [-0.25, -0.2) is 4.98 Å². The topological polar surface area (TPSA) is 74.8 Å². The maximum absolute atomic E-state index is 13.7. The number of ether oxygens (including phenoxy) is 1. The predicted molar refractivity (Wildman–Crippen MR) is 136 cm³/mol. The van der Waals surface area contributed by atoms with E-state index in [1.165, 1.54) is 0 Å². The van der Waals surface area contributed by atoms with E-state index in [9.17, 15) is 9.59 Å². The third-order valence-electron chi connectivity index (χ3n) is 8.41. The molecule has 7 nitrogen and oxygen atoms in total. The molecule has 35 heavy (non-hydrogen) atoms. The van der Waals surface area contributed by atoms with E-state index in [1.54, 1.807) is 6.20 Å². The van der Waals surface area contributed by atoms with Crippen molar-refractivity contribution in [2.45, 2.75) is 44.6 Å². The normalized spacial score (nSPS) is 22.0. The van der Waals surface area contributed by atoms with Crippen LogP contribution in [0.4, 0.5) is 11.5 Å². The summed E-state index contributed by atoms with van der Waals surface area (Å²) in [5.41, 5.74) is 6.31. The van der Waals surface area contributed by atoms with E-state index < -0.39 is 0 Å². The minimum atomic E-state index is -0.278. The van der Waals surface area contributed by atoms with Crippen molar-refractivity contribution in [1.29, 1.82) is 0 Å². The first-order valence-corrected chi connectivity index (χ1v) is 12.7. The van der Waals surface area contributed by atoms with Gasteiger partial charge in [-0.2, -0.15) is 0 Å². The summed E-state index contributed by atoms with van der Waals surface area (Å²) < 4.78 is 5.52. The summed E-state index contributed by atoms with van der Waals surface area (Å²) >= 11 is 0. The first kappa shape index (κ1) is 22.4. The second kappa shape index (κ2) is 8.57. The maximum atomic E-state index is 13.7. The van der Waals surface area contributed by atoms with Crippen molar-refractivity contribution >= 4 is 29.3 Å². The molecule has 2 saturated heterocycles. The Morgan fingerprint density at radius 1 is 1.09 bits per heavy atom. The van der Waals surface area contributed by atoms with Crippen LogP contribution in [0.15, 0.2) is 36.0 Å². The highest BCUT2D eigenvalue weighted by Crippen LogP contribution is 2.50. The van der Waals surface area contributed by atoms with Crippen LogP contribution in [0.25, 0.3) is 5.57 Å². The van der Waals surface area contributed by atoms with Crippen molar-refractivity contribution in [1.82, 2.24) is 9.88 Å². The zero-order chi connectivity index (χ0) is 24.2. The van der Waals surface area contributed by atoms with Crippen LogP contribution in [-0.4, -0.2) is 67.5 Å². The first-order valence-electron chi connectivity index (χ1n) is 12.7. The summed E-state index contributed by atoms with van der Waals surface area (Å²) in [5.74, 6) is 1.04. The lowest BCUT2D eigenvalue weighted by molar-refractivity contribution is -0.105. The van der Waals surface area contributed by atoms with Gasteiger partial charge in [0.2, 0.25) is 6.41 Å². The van der Waals surface area contributed by atoms with Gasteiger partial charge in [0.1, 0.15) is 5.82 Å². The molecule has 4 aliphatic rings. The average molecular weight is 473 g/mol. The van der Waals surface area contributed by atoms with Gasteiger partial charge < -0.3 is 15.0 Å². The van der Waals surface area contributed by atoms with E-state index in [0.717, 1.165) is 98.0 Å². The number of carbonyl (C=O) groups is 2. The van der Waals surface area contributed by atoms with Gasteiger partial charge >= 0.3 is 0 Å². The highest BCUT2D eigenvalue weighted by atomic mass is 16.5. The summed E-state index contributed by atoms with van der Waals surface area (Å²) in [6, 6.07) is 8.59. The molecule has 0 radical (unpaired) electrons. The molecule has 2 fully saturated rings. The van der Waals surface area contributed by atoms with E-state index >= 15 is 0 Å². The number of piperidine rings is 1. The predicted octanol–water partition coefficient (Wildman–Crippen LogP) is 3.43. The minimum absolute atomic E-state index is 0.0641. The largest absolute Gasteiger partial charge is 0.379 e. The van der Waals surface area contributed by atoms with Crippen LogP contribution in [0, 0.1) is 0 Å². The Bertz CT molecular complexity index is 1220. The lowest BCUT2D eigenvalue weighted by Gasteiger charge is -2.41. The SMILES string of the molecule is CC1(C)C2=C(C(=O)c3cnc(N4CCC(N5CCOCC5)CC4)cc31)c1ccc(NC=O)cc1C2. The second-order valence-electron chi connectivity index (χ2n) is 10.6. The summed E-state index contributed by atoms with van der Waals surface area (Å²) in [7, 11) is 0. The molecule has 0 unspecified atom stereocenters. The van der Waals surface area contributed by atoms with Gasteiger partial charge in [-0.15, -0.1) is 0 Å². The molecule has 0 saturated carbocycles. The second-order valence-corrected chi connectivity index (χ2v) is 10.6. The lowest BCUT2D eigenvalue weighted by Crippen LogP contribution is -2.49. The van der Waals surface area contributed by atoms with E-state index in [0.29, 0.717) is 18.0 Å². The lowest BCUT2D eigenvalue weighted by atomic mass is 9.69. The molecule has 2 aliphatic carbocycles. The van der Waals surface area contributed by atoms with Gasteiger partial charge in [-0.05, 0) is 59.7 Å². The number of benzene rings is 1. The molecule has 0 atom stereocenters. The highest BCUT2D eigenvalue weighted by Gasteiger charge is 2.43. The van der Waals surface area contributed by atoms with E-state index in [4.69, 9.17) is 9.72 Å².